The number of nitrogens with zero attached hydrogens (tertiary/aromatic N) is 1. The first-order valence-corrected chi connectivity index (χ1v) is 20.7. The third-order valence-corrected chi connectivity index (χ3v) is 13.6. The van der Waals surface area contributed by atoms with Crippen LogP contribution in [-0.2, 0) is 10.0 Å². The van der Waals surface area contributed by atoms with Crippen LogP contribution in [0.2, 0.25) is 0 Å². The molecule has 3 nitrogen and oxygen atoms in total. The van der Waals surface area contributed by atoms with E-state index in [9.17, 15) is 8.42 Å². The number of halogens is 2. The van der Waals surface area contributed by atoms with E-state index < -0.39 is 10.0 Å². The predicted octanol–water partition coefficient (Wildman–Crippen LogP) is 13.0. The van der Waals surface area contributed by atoms with E-state index >= 15 is 0 Å². The number of sulfonamides is 1. The van der Waals surface area contributed by atoms with E-state index in [0.29, 0.717) is 17.4 Å². The minimum absolute atomic E-state index is 0.402. The number of anilines is 1. The van der Waals surface area contributed by atoms with Gasteiger partial charge < -0.3 is 0 Å². The number of thiophene rings is 2. The van der Waals surface area contributed by atoms with Gasteiger partial charge in [0.05, 0.1) is 23.0 Å². The van der Waals surface area contributed by atoms with Crippen molar-refractivity contribution >= 4 is 70.2 Å². The van der Waals surface area contributed by atoms with Crippen molar-refractivity contribution in [1.82, 2.24) is 0 Å². The van der Waals surface area contributed by atoms with Crippen molar-refractivity contribution in [2.45, 2.75) is 147 Å². The lowest BCUT2D eigenvalue weighted by molar-refractivity contribution is 0.409. The number of hydrogen-bond acceptors (Lipinski definition) is 4. The van der Waals surface area contributed by atoms with Gasteiger partial charge in [0.2, 0.25) is 0 Å². The average Bonchev–Trinajstić information content (AvgIpc) is 3.51. The van der Waals surface area contributed by atoms with Crippen LogP contribution in [0.4, 0.5) is 5.69 Å². The largest absolute Gasteiger partial charge is 0.265 e. The second-order valence-electron chi connectivity index (χ2n) is 11.6. The molecule has 2 aromatic heterocycles. The molecule has 0 aromatic carbocycles. The van der Waals surface area contributed by atoms with E-state index in [2.05, 4.69) is 45.7 Å². The van der Waals surface area contributed by atoms with Crippen LogP contribution >= 0.6 is 54.5 Å². The topological polar surface area (TPSA) is 37.4 Å². The summed E-state index contributed by atoms with van der Waals surface area (Å²) in [6, 6.07) is 3.82. The van der Waals surface area contributed by atoms with Crippen molar-refractivity contribution in [3.63, 3.8) is 0 Å². The Bertz CT molecular complexity index is 1100. The molecule has 0 amide bonds. The first kappa shape index (κ1) is 34.6. The number of hydrogen-bond donors (Lipinski definition) is 0. The second kappa shape index (κ2) is 18.7. The van der Waals surface area contributed by atoms with Crippen LogP contribution in [0.5, 0.6) is 0 Å². The quantitative estimate of drug-likeness (QED) is 0.113. The molecule has 228 valence electrons. The molecule has 40 heavy (non-hydrogen) atoms. The molecule has 3 heterocycles. The van der Waals surface area contributed by atoms with Crippen LogP contribution < -0.4 is 4.31 Å². The van der Waals surface area contributed by atoms with Crippen molar-refractivity contribution in [3.8, 4) is 9.75 Å². The zero-order chi connectivity index (χ0) is 28.8. The van der Waals surface area contributed by atoms with E-state index in [-0.39, 0.29) is 0 Å². The summed E-state index contributed by atoms with van der Waals surface area (Å²) in [7, 11) is -3.56. The molecule has 0 aliphatic carbocycles. The number of unbranched alkanes of at least 4 members (excludes halogenated alkanes) is 16. The molecule has 1 atom stereocenters. The first-order valence-electron chi connectivity index (χ1n) is 16.0. The smallest absolute Gasteiger partial charge is 0.264 e. The number of fused-ring (bicyclic) bond motifs is 3. The highest BCUT2D eigenvalue weighted by molar-refractivity contribution is 9.11. The molecule has 0 radical (unpaired) electrons. The van der Waals surface area contributed by atoms with Crippen molar-refractivity contribution < 1.29 is 8.42 Å². The molecular weight excluding hydrogens is 686 g/mol. The van der Waals surface area contributed by atoms with Gasteiger partial charge >= 0.3 is 0 Å². The van der Waals surface area contributed by atoms with Crippen molar-refractivity contribution in [3.05, 3.63) is 19.7 Å². The zero-order valence-electron chi connectivity index (χ0n) is 24.8. The van der Waals surface area contributed by atoms with Crippen LogP contribution in [-0.4, -0.2) is 15.0 Å². The standard InChI is InChI=1S/C32H51Br2NO2S3/c1-3-5-7-9-11-13-14-16-18-20-22-26(21-19-17-15-12-10-8-6-4-2)25-35-27-23-29(33)38-31(27)32-28(40(35,36)37)24-30(34)39-32/h23-24,26H,3-22,25H2,1-2H3. The second-order valence-corrected chi connectivity index (χ2v) is 18.3. The maximum absolute atomic E-state index is 13.9. The highest BCUT2D eigenvalue weighted by Gasteiger charge is 2.39. The SMILES string of the molecule is CCCCCCCCCCCCC(CCCCCCCCCC)CN1c2cc(Br)sc2-c2sc(Br)cc2S1(=O)=O. The Morgan fingerprint density at radius 3 is 1.57 bits per heavy atom. The molecule has 1 aliphatic rings. The van der Waals surface area contributed by atoms with Crippen LogP contribution in [0.1, 0.15) is 142 Å². The van der Waals surface area contributed by atoms with Crippen molar-refractivity contribution in [1.29, 1.82) is 0 Å². The Kier molecular flexibility index (Phi) is 16.2. The summed E-state index contributed by atoms with van der Waals surface area (Å²) >= 11 is 10.4. The molecule has 0 saturated carbocycles. The summed E-state index contributed by atoms with van der Waals surface area (Å²) in [5, 5.41) is 0. The van der Waals surface area contributed by atoms with Gasteiger partial charge in [-0.3, -0.25) is 4.31 Å². The molecule has 0 saturated heterocycles. The normalized spacial score (nSPS) is 14.8. The van der Waals surface area contributed by atoms with Crippen molar-refractivity contribution in [2.75, 3.05) is 10.8 Å². The third kappa shape index (κ3) is 10.7. The summed E-state index contributed by atoms with van der Waals surface area (Å²) in [6.45, 7) is 5.14. The van der Waals surface area contributed by atoms with E-state index in [1.807, 2.05) is 6.07 Å². The van der Waals surface area contributed by atoms with Crippen molar-refractivity contribution in [2.24, 2.45) is 5.92 Å². The molecular formula is C32H51Br2NO2S3. The van der Waals surface area contributed by atoms with E-state index in [4.69, 9.17) is 0 Å². The Hall–Kier alpha value is 0.110. The minimum atomic E-state index is -3.56. The van der Waals surface area contributed by atoms with E-state index in [1.54, 1.807) is 21.7 Å². The summed E-state index contributed by atoms with van der Waals surface area (Å²) in [5.74, 6) is 0.402. The minimum Gasteiger partial charge on any atom is -0.264 e. The first-order chi connectivity index (χ1) is 19.4. The molecule has 0 N–H and O–H groups in total. The van der Waals surface area contributed by atoms with Gasteiger partial charge in [-0.25, -0.2) is 8.42 Å². The molecule has 0 spiro atoms. The number of rotatable bonds is 22. The molecule has 0 fully saturated rings. The van der Waals surface area contributed by atoms with Crippen LogP contribution in [0.15, 0.2) is 24.6 Å². The van der Waals surface area contributed by atoms with Gasteiger partial charge in [0.1, 0.15) is 4.90 Å². The Morgan fingerprint density at radius 1 is 0.650 bits per heavy atom. The summed E-state index contributed by atoms with van der Waals surface area (Å²) in [4.78, 5) is 2.43. The van der Waals surface area contributed by atoms with Gasteiger partial charge in [-0.05, 0) is 62.8 Å². The third-order valence-electron chi connectivity index (χ3n) is 8.25. The molecule has 3 rings (SSSR count). The Balaban J connectivity index is 1.57. The van der Waals surface area contributed by atoms with Gasteiger partial charge in [-0.1, -0.05) is 129 Å². The molecule has 1 aliphatic heterocycles. The monoisotopic (exact) mass is 735 g/mol. The average molecular weight is 738 g/mol. The summed E-state index contributed by atoms with van der Waals surface area (Å²) in [5.41, 5.74) is 0.864. The molecule has 2 aromatic rings. The highest BCUT2D eigenvalue weighted by atomic mass is 79.9. The van der Waals surface area contributed by atoms with Gasteiger partial charge in [-0.15, -0.1) is 22.7 Å². The zero-order valence-corrected chi connectivity index (χ0v) is 30.4. The lowest BCUT2D eigenvalue weighted by Crippen LogP contribution is -2.37. The van der Waals surface area contributed by atoms with Gasteiger partial charge in [0.15, 0.2) is 0 Å². The molecule has 0 bridgehead atoms. The lowest BCUT2D eigenvalue weighted by atomic mass is 9.93. The maximum Gasteiger partial charge on any atom is 0.265 e. The van der Waals surface area contributed by atoms with Crippen LogP contribution in [0, 0.1) is 5.92 Å². The Labute approximate surface area is 270 Å². The fraction of sp³-hybridized carbons (Fsp3) is 0.750. The van der Waals surface area contributed by atoms with E-state index in [1.165, 1.54) is 127 Å². The molecule has 8 heteroatoms. The van der Waals surface area contributed by atoms with Gasteiger partial charge in [-0.2, -0.15) is 0 Å². The van der Waals surface area contributed by atoms with Crippen LogP contribution in [0.3, 0.4) is 0 Å². The van der Waals surface area contributed by atoms with E-state index in [0.717, 1.165) is 35.9 Å². The maximum atomic E-state index is 13.9. The fourth-order valence-electron chi connectivity index (χ4n) is 5.89. The Morgan fingerprint density at radius 2 is 1.07 bits per heavy atom. The van der Waals surface area contributed by atoms with Gasteiger partial charge in [0, 0.05) is 6.54 Å². The predicted molar refractivity (Wildman–Crippen MR) is 185 cm³/mol. The highest BCUT2D eigenvalue weighted by Crippen LogP contribution is 2.53. The molecule has 1 unspecified atom stereocenters. The fourth-order valence-corrected chi connectivity index (χ4v) is 11.6. The summed E-state index contributed by atoms with van der Waals surface area (Å²) < 4.78 is 31.4. The lowest BCUT2D eigenvalue weighted by Gasteiger charge is -2.32. The van der Waals surface area contributed by atoms with Crippen LogP contribution in [0.25, 0.3) is 9.75 Å². The van der Waals surface area contributed by atoms with Gasteiger partial charge in [0.25, 0.3) is 10.0 Å². The summed E-state index contributed by atoms with van der Waals surface area (Å²) in [6.07, 6.45) is 26.1.